The lowest BCUT2D eigenvalue weighted by Crippen LogP contribution is -2.03. The highest BCUT2D eigenvalue weighted by molar-refractivity contribution is 5.72. The summed E-state index contributed by atoms with van der Waals surface area (Å²) in [6.07, 6.45) is 4.15. The van der Waals surface area contributed by atoms with Crippen LogP contribution in [0, 0.1) is 0 Å². The van der Waals surface area contributed by atoms with Gasteiger partial charge in [0.25, 0.3) is 0 Å². The molecule has 0 atom stereocenters. The van der Waals surface area contributed by atoms with Gasteiger partial charge in [-0.2, -0.15) is 5.10 Å². The number of aromatic nitrogens is 2. The van der Waals surface area contributed by atoms with E-state index in [0.717, 1.165) is 48.6 Å². The van der Waals surface area contributed by atoms with Gasteiger partial charge in [-0.3, -0.25) is 4.68 Å². The number of anilines is 3. The number of hydrogen-bond acceptors (Lipinski definition) is 3. The van der Waals surface area contributed by atoms with Crippen LogP contribution in [0.4, 0.5) is 17.2 Å². The van der Waals surface area contributed by atoms with Crippen molar-refractivity contribution in [2.24, 2.45) is 7.05 Å². The van der Waals surface area contributed by atoms with E-state index in [2.05, 4.69) is 42.5 Å². The van der Waals surface area contributed by atoms with Crippen molar-refractivity contribution >= 4 is 17.2 Å². The number of benzene rings is 1. The average Bonchev–Trinajstić information content (AvgIpc) is 2.69. The van der Waals surface area contributed by atoms with E-state index in [1.54, 1.807) is 0 Å². The van der Waals surface area contributed by atoms with Crippen LogP contribution < -0.4 is 11.1 Å². The number of para-hydroxylation sites is 1. The Bertz CT molecular complexity index is 572. The van der Waals surface area contributed by atoms with Crippen LogP contribution in [0.2, 0.25) is 0 Å². The molecule has 2 aromatic rings. The Morgan fingerprint density at radius 3 is 2.55 bits per heavy atom. The molecule has 2 rings (SSSR count). The monoisotopic (exact) mass is 272 g/mol. The van der Waals surface area contributed by atoms with Crippen molar-refractivity contribution in [2.45, 2.75) is 39.5 Å². The molecule has 4 heteroatoms. The summed E-state index contributed by atoms with van der Waals surface area (Å²) in [7, 11) is 1.93. The minimum absolute atomic E-state index is 0.764. The number of nitrogens with two attached hydrogens (primary N) is 1. The molecule has 0 spiro atoms. The van der Waals surface area contributed by atoms with Crippen LogP contribution in [-0.4, -0.2) is 9.78 Å². The summed E-state index contributed by atoms with van der Waals surface area (Å²) in [6.45, 7) is 4.33. The molecule has 0 amide bonds. The van der Waals surface area contributed by atoms with Crippen molar-refractivity contribution in [1.29, 1.82) is 0 Å². The van der Waals surface area contributed by atoms with E-state index in [0.29, 0.717) is 0 Å². The van der Waals surface area contributed by atoms with Crippen molar-refractivity contribution in [2.75, 3.05) is 11.1 Å². The van der Waals surface area contributed by atoms with E-state index in [1.165, 1.54) is 5.56 Å². The zero-order valence-corrected chi connectivity index (χ0v) is 12.6. The normalized spacial score (nSPS) is 10.8. The number of aryl methyl sites for hydroxylation is 3. The fourth-order valence-electron chi connectivity index (χ4n) is 2.42. The molecule has 0 radical (unpaired) electrons. The largest absolute Gasteiger partial charge is 0.394 e. The topological polar surface area (TPSA) is 55.9 Å². The smallest absolute Gasteiger partial charge is 0.152 e. The second kappa shape index (κ2) is 6.46. The lowest BCUT2D eigenvalue weighted by molar-refractivity contribution is 0.739. The average molecular weight is 272 g/mol. The molecule has 0 aliphatic rings. The lowest BCUT2D eigenvalue weighted by atomic mass is 10.1. The first-order chi connectivity index (χ1) is 9.67. The van der Waals surface area contributed by atoms with Crippen LogP contribution >= 0.6 is 0 Å². The number of hydrogen-bond donors (Lipinski definition) is 2. The van der Waals surface area contributed by atoms with E-state index in [9.17, 15) is 0 Å². The summed E-state index contributed by atoms with van der Waals surface area (Å²) in [6, 6.07) is 8.37. The highest BCUT2D eigenvalue weighted by Gasteiger charge is 2.13. The first-order valence-electron chi connectivity index (χ1n) is 7.33. The third kappa shape index (κ3) is 2.95. The zero-order chi connectivity index (χ0) is 14.5. The lowest BCUT2D eigenvalue weighted by Gasteiger charge is -2.12. The molecule has 0 aliphatic heterocycles. The molecule has 0 bridgehead atoms. The Kier molecular flexibility index (Phi) is 4.66. The van der Waals surface area contributed by atoms with Gasteiger partial charge in [-0.1, -0.05) is 44.9 Å². The molecular formula is C16H24N4. The maximum atomic E-state index is 6.22. The Morgan fingerprint density at radius 2 is 1.85 bits per heavy atom. The van der Waals surface area contributed by atoms with Crippen LogP contribution in [0.15, 0.2) is 24.3 Å². The minimum atomic E-state index is 0.764. The van der Waals surface area contributed by atoms with Crippen LogP contribution in [-0.2, 0) is 19.9 Å². The van der Waals surface area contributed by atoms with Crippen molar-refractivity contribution in [3.05, 3.63) is 35.5 Å². The maximum Gasteiger partial charge on any atom is 0.152 e. The van der Waals surface area contributed by atoms with Gasteiger partial charge in [-0.25, -0.2) is 0 Å². The third-order valence-corrected chi connectivity index (χ3v) is 3.44. The first kappa shape index (κ1) is 14.4. The Balaban J connectivity index is 2.30. The Hall–Kier alpha value is -1.97. The van der Waals surface area contributed by atoms with Gasteiger partial charge in [0.1, 0.15) is 0 Å². The standard InChI is InChI=1S/C16H24N4/c1-4-8-12-10-6-7-11-13(12)18-16-15(17)14(9-5-2)19-20(16)3/h6-7,10-11,18H,4-5,8-9,17H2,1-3H3. The van der Waals surface area contributed by atoms with E-state index < -0.39 is 0 Å². The molecular weight excluding hydrogens is 248 g/mol. The quantitative estimate of drug-likeness (QED) is 0.844. The van der Waals surface area contributed by atoms with Crippen molar-refractivity contribution in [3.63, 3.8) is 0 Å². The third-order valence-electron chi connectivity index (χ3n) is 3.44. The number of nitrogen functional groups attached to an aromatic ring is 1. The van der Waals surface area contributed by atoms with Gasteiger partial charge in [-0.15, -0.1) is 0 Å². The van der Waals surface area contributed by atoms with Crippen molar-refractivity contribution in [1.82, 2.24) is 9.78 Å². The molecule has 0 saturated heterocycles. The summed E-state index contributed by atoms with van der Waals surface area (Å²) in [5.74, 6) is 0.886. The molecule has 1 aromatic heterocycles. The second-order valence-corrected chi connectivity index (χ2v) is 5.11. The van der Waals surface area contributed by atoms with Gasteiger partial charge in [0.2, 0.25) is 0 Å². The molecule has 4 nitrogen and oxygen atoms in total. The molecule has 3 N–H and O–H groups in total. The molecule has 0 saturated carbocycles. The molecule has 1 heterocycles. The fraction of sp³-hybridized carbons (Fsp3) is 0.438. The molecule has 1 aromatic carbocycles. The van der Waals surface area contributed by atoms with Gasteiger partial charge in [-0.05, 0) is 24.5 Å². The first-order valence-corrected chi connectivity index (χ1v) is 7.33. The van der Waals surface area contributed by atoms with Gasteiger partial charge in [0.15, 0.2) is 5.82 Å². The van der Waals surface area contributed by atoms with Crippen LogP contribution in [0.1, 0.15) is 37.9 Å². The summed E-state index contributed by atoms with van der Waals surface area (Å²) < 4.78 is 1.84. The van der Waals surface area contributed by atoms with E-state index in [1.807, 2.05) is 17.8 Å². The van der Waals surface area contributed by atoms with Crippen LogP contribution in [0.5, 0.6) is 0 Å². The molecule has 0 aliphatic carbocycles. The number of nitrogens with one attached hydrogen (secondary N) is 1. The predicted molar refractivity (Wildman–Crippen MR) is 85.3 cm³/mol. The summed E-state index contributed by atoms with van der Waals surface area (Å²) in [4.78, 5) is 0. The fourth-order valence-corrected chi connectivity index (χ4v) is 2.42. The van der Waals surface area contributed by atoms with E-state index in [-0.39, 0.29) is 0 Å². The van der Waals surface area contributed by atoms with Gasteiger partial charge in [0, 0.05) is 12.7 Å². The highest BCUT2D eigenvalue weighted by atomic mass is 15.3. The Labute approximate surface area is 121 Å². The van der Waals surface area contributed by atoms with Gasteiger partial charge in [0.05, 0.1) is 11.4 Å². The molecule has 0 fully saturated rings. The van der Waals surface area contributed by atoms with E-state index in [4.69, 9.17) is 5.73 Å². The zero-order valence-electron chi connectivity index (χ0n) is 12.6. The number of nitrogens with zero attached hydrogens (tertiary/aromatic N) is 2. The summed E-state index contributed by atoms with van der Waals surface area (Å²) in [5.41, 5.74) is 10.4. The second-order valence-electron chi connectivity index (χ2n) is 5.11. The summed E-state index contributed by atoms with van der Waals surface area (Å²) in [5, 5.41) is 7.95. The van der Waals surface area contributed by atoms with E-state index >= 15 is 0 Å². The van der Waals surface area contributed by atoms with Crippen molar-refractivity contribution < 1.29 is 0 Å². The molecule has 20 heavy (non-hydrogen) atoms. The van der Waals surface area contributed by atoms with Gasteiger partial charge >= 0.3 is 0 Å². The number of rotatable bonds is 6. The maximum absolute atomic E-state index is 6.22. The molecule has 0 unspecified atom stereocenters. The molecule has 108 valence electrons. The van der Waals surface area contributed by atoms with Crippen molar-refractivity contribution in [3.8, 4) is 0 Å². The van der Waals surface area contributed by atoms with Crippen LogP contribution in [0.3, 0.4) is 0 Å². The SMILES string of the molecule is CCCc1ccccc1Nc1c(N)c(CCC)nn1C. The highest BCUT2D eigenvalue weighted by Crippen LogP contribution is 2.28. The summed E-state index contributed by atoms with van der Waals surface area (Å²) >= 11 is 0. The predicted octanol–water partition coefficient (Wildman–Crippen LogP) is 3.65. The van der Waals surface area contributed by atoms with Crippen LogP contribution in [0.25, 0.3) is 0 Å². The van der Waals surface area contributed by atoms with Gasteiger partial charge < -0.3 is 11.1 Å². The Morgan fingerprint density at radius 1 is 1.15 bits per heavy atom. The minimum Gasteiger partial charge on any atom is -0.394 e.